The summed E-state index contributed by atoms with van der Waals surface area (Å²) in [6.45, 7) is 0. The first-order valence-electron chi connectivity index (χ1n) is 5.83. The van der Waals surface area contributed by atoms with Crippen molar-refractivity contribution in [2.75, 3.05) is 7.11 Å². The van der Waals surface area contributed by atoms with Crippen LogP contribution in [-0.2, 0) is 5.75 Å². The van der Waals surface area contributed by atoms with Gasteiger partial charge in [-0.1, -0.05) is 27.9 Å². The maximum Gasteiger partial charge on any atom is 0.277 e. The van der Waals surface area contributed by atoms with E-state index in [-0.39, 0.29) is 0 Å². The van der Waals surface area contributed by atoms with Gasteiger partial charge in [-0.15, -0.1) is 15.3 Å². The third-order valence-electron chi connectivity index (χ3n) is 2.59. The molecule has 0 saturated heterocycles. The highest BCUT2D eigenvalue weighted by Gasteiger charge is 2.12. The fraction of sp³-hybridized carbons (Fsp3) is 0.167. The number of ether oxygens (including phenoxy) is 1. The van der Waals surface area contributed by atoms with Crippen LogP contribution in [0.2, 0.25) is 4.34 Å². The van der Waals surface area contributed by atoms with Crippen molar-refractivity contribution in [3.63, 3.8) is 0 Å². The van der Waals surface area contributed by atoms with Crippen LogP contribution in [0.1, 0.15) is 5.69 Å². The van der Waals surface area contributed by atoms with Crippen molar-refractivity contribution in [1.29, 1.82) is 0 Å². The van der Waals surface area contributed by atoms with E-state index in [0.717, 1.165) is 28.5 Å². The van der Waals surface area contributed by atoms with Crippen LogP contribution < -0.4 is 4.74 Å². The van der Waals surface area contributed by atoms with Crippen LogP contribution in [-0.4, -0.2) is 26.9 Å². The van der Waals surface area contributed by atoms with Gasteiger partial charge in [0.25, 0.3) is 5.22 Å². The Morgan fingerprint density at radius 3 is 2.71 bits per heavy atom. The Balaban J connectivity index is 1.69. The molecule has 2 heterocycles. The molecule has 0 aliphatic rings. The first-order chi connectivity index (χ1) is 10.3. The zero-order valence-electron chi connectivity index (χ0n) is 10.8. The minimum absolute atomic E-state index is 0.461. The summed E-state index contributed by atoms with van der Waals surface area (Å²) in [6.07, 6.45) is 0. The molecule has 6 nitrogen and oxygen atoms in total. The first kappa shape index (κ1) is 14.3. The van der Waals surface area contributed by atoms with Crippen molar-refractivity contribution in [2.24, 2.45) is 0 Å². The van der Waals surface area contributed by atoms with Crippen LogP contribution in [0.25, 0.3) is 11.5 Å². The van der Waals surface area contributed by atoms with Crippen LogP contribution >= 0.6 is 34.9 Å². The highest BCUT2D eigenvalue weighted by Crippen LogP contribution is 2.28. The minimum Gasteiger partial charge on any atom is -0.497 e. The Bertz CT molecular complexity index is 729. The number of benzene rings is 1. The summed E-state index contributed by atoms with van der Waals surface area (Å²) in [5, 5.41) is 12.4. The molecule has 1 aromatic carbocycles. The van der Waals surface area contributed by atoms with E-state index in [0.29, 0.717) is 21.2 Å². The Morgan fingerprint density at radius 2 is 2.05 bits per heavy atom. The second-order valence-corrected chi connectivity index (χ2v) is 6.17. The minimum atomic E-state index is 0.461. The molecule has 3 aromatic rings. The topological polar surface area (TPSA) is 73.9 Å². The van der Waals surface area contributed by atoms with E-state index in [4.69, 9.17) is 20.8 Å². The van der Waals surface area contributed by atoms with E-state index < -0.39 is 0 Å². The third kappa shape index (κ3) is 3.34. The SMILES string of the molecule is COc1ccc(-c2nnc(SCc3nnsc3Cl)o2)cc1. The fourth-order valence-electron chi connectivity index (χ4n) is 1.53. The second-order valence-electron chi connectivity index (χ2n) is 3.88. The molecule has 0 spiro atoms. The molecule has 0 unspecified atom stereocenters. The van der Waals surface area contributed by atoms with Crippen molar-refractivity contribution < 1.29 is 9.15 Å². The number of rotatable bonds is 5. The van der Waals surface area contributed by atoms with Crippen LogP contribution in [0.4, 0.5) is 0 Å². The van der Waals surface area contributed by atoms with Crippen LogP contribution in [0.3, 0.4) is 0 Å². The van der Waals surface area contributed by atoms with Gasteiger partial charge < -0.3 is 9.15 Å². The van der Waals surface area contributed by atoms with Crippen molar-refractivity contribution in [1.82, 2.24) is 19.8 Å². The number of thioether (sulfide) groups is 1. The van der Waals surface area contributed by atoms with E-state index in [9.17, 15) is 0 Å². The van der Waals surface area contributed by atoms with E-state index >= 15 is 0 Å². The summed E-state index contributed by atoms with van der Waals surface area (Å²) in [7, 11) is 1.62. The summed E-state index contributed by atoms with van der Waals surface area (Å²) in [4.78, 5) is 0. The third-order valence-corrected chi connectivity index (χ3v) is 4.40. The van der Waals surface area contributed by atoms with Gasteiger partial charge in [0, 0.05) is 22.8 Å². The fourth-order valence-corrected chi connectivity index (χ4v) is 3.03. The highest BCUT2D eigenvalue weighted by atomic mass is 35.5. The maximum absolute atomic E-state index is 5.94. The quantitative estimate of drug-likeness (QED) is 0.657. The zero-order chi connectivity index (χ0) is 14.7. The van der Waals surface area contributed by atoms with Crippen LogP contribution in [0.5, 0.6) is 5.75 Å². The van der Waals surface area contributed by atoms with Gasteiger partial charge in [0.15, 0.2) is 0 Å². The van der Waals surface area contributed by atoms with E-state index in [1.54, 1.807) is 7.11 Å². The highest BCUT2D eigenvalue weighted by molar-refractivity contribution is 7.98. The molecular formula is C12H9ClN4O2S2. The summed E-state index contributed by atoms with van der Waals surface area (Å²) in [5.41, 5.74) is 1.55. The lowest BCUT2D eigenvalue weighted by atomic mass is 10.2. The summed E-state index contributed by atoms with van der Waals surface area (Å²) in [5.74, 6) is 1.78. The number of halogens is 1. The maximum atomic E-state index is 5.94. The molecule has 9 heteroatoms. The smallest absolute Gasteiger partial charge is 0.277 e. The first-order valence-corrected chi connectivity index (χ1v) is 7.97. The lowest BCUT2D eigenvalue weighted by Crippen LogP contribution is -1.82. The second kappa shape index (κ2) is 6.42. The summed E-state index contributed by atoms with van der Waals surface area (Å²) < 4.78 is 15.1. The van der Waals surface area contributed by atoms with Crippen molar-refractivity contribution in [3.05, 3.63) is 34.3 Å². The van der Waals surface area contributed by atoms with Gasteiger partial charge in [0.05, 0.1) is 7.11 Å². The Labute approximate surface area is 133 Å². The number of aromatic nitrogens is 4. The molecular weight excluding hydrogens is 332 g/mol. The standard InChI is InChI=1S/C12H9ClN4O2S2/c1-18-8-4-2-7(3-5-8)11-15-16-12(19-11)20-6-9-10(13)21-17-14-9/h2-5H,6H2,1H3. The zero-order valence-corrected chi connectivity index (χ0v) is 13.2. The van der Waals surface area contributed by atoms with Gasteiger partial charge in [-0.2, -0.15) is 0 Å². The Morgan fingerprint density at radius 1 is 1.24 bits per heavy atom. The number of hydrogen-bond donors (Lipinski definition) is 0. The number of methoxy groups -OCH3 is 1. The molecule has 0 aliphatic carbocycles. The molecule has 0 aliphatic heterocycles. The molecule has 0 fully saturated rings. The molecule has 0 saturated carbocycles. The molecule has 0 atom stereocenters. The lowest BCUT2D eigenvalue weighted by Gasteiger charge is -1.99. The largest absolute Gasteiger partial charge is 0.497 e. The monoisotopic (exact) mass is 340 g/mol. The number of hydrogen-bond acceptors (Lipinski definition) is 8. The van der Waals surface area contributed by atoms with Crippen LogP contribution in [0, 0.1) is 0 Å². The van der Waals surface area contributed by atoms with E-state index in [1.807, 2.05) is 24.3 Å². The average molecular weight is 341 g/mol. The molecule has 0 amide bonds. The normalized spacial score (nSPS) is 10.8. The molecule has 2 aromatic heterocycles. The Kier molecular flexibility index (Phi) is 4.37. The van der Waals surface area contributed by atoms with Crippen LogP contribution in [0.15, 0.2) is 33.9 Å². The average Bonchev–Trinajstić information content (AvgIpc) is 3.14. The molecule has 108 valence electrons. The number of nitrogens with zero attached hydrogens (tertiary/aromatic N) is 4. The van der Waals surface area contributed by atoms with Gasteiger partial charge >= 0.3 is 0 Å². The van der Waals surface area contributed by atoms with Gasteiger partial charge in [0.2, 0.25) is 5.89 Å². The van der Waals surface area contributed by atoms with Gasteiger partial charge in [-0.3, -0.25) is 0 Å². The predicted molar refractivity (Wildman–Crippen MR) is 80.8 cm³/mol. The van der Waals surface area contributed by atoms with Crippen molar-refractivity contribution >= 4 is 34.9 Å². The van der Waals surface area contributed by atoms with Crippen molar-refractivity contribution in [3.8, 4) is 17.2 Å². The Hall–Kier alpha value is -1.64. The molecule has 3 rings (SSSR count). The lowest BCUT2D eigenvalue weighted by molar-refractivity contribution is 0.414. The van der Waals surface area contributed by atoms with E-state index in [1.165, 1.54) is 11.8 Å². The summed E-state index contributed by atoms with van der Waals surface area (Å²) in [6, 6.07) is 7.41. The summed E-state index contributed by atoms with van der Waals surface area (Å²) >= 11 is 8.47. The molecule has 21 heavy (non-hydrogen) atoms. The molecule has 0 bridgehead atoms. The van der Waals surface area contributed by atoms with E-state index in [2.05, 4.69) is 19.8 Å². The van der Waals surface area contributed by atoms with Gasteiger partial charge in [-0.25, -0.2) is 0 Å². The predicted octanol–water partition coefficient (Wildman–Crippen LogP) is 3.54. The van der Waals surface area contributed by atoms with Crippen molar-refractivity contribution in [2.45, 2.75) is 11.0 Å². The van der Waals surface area contributed by atoms with Gasteiger partial charge in [0.1, 0.15) is 15.8 Å². The van der Waals surface area contributed by atoms with Gasteiger partial charge in [-0.05, 0) is 24.3 Å². The molecule has 0 radical (unpaired) electrons. The molecule has 0 N–H and O–H groups in total.